The van der Waals surface area contributed by atoms with E-state index in [2.05, 4.69) is 31.6 Å². The van der Waals surface area contributed by atoms with Gasteiger partial charge < -0.3 is 11.1 Å². The SMILES string of the molecule is Cc1c(C(=O)NC(C)(CN)C(C)C)nnn1-c1cccc(Br)c1.Cl. The van der Waals surface area contributed by atoms with Gasteiger partial charge in [0.15, 0.2) is 5.69 Å². The van der Waals surface area contributed by atoms with E-state index in [1.165, 1.54) is 0 Å². The Balaban J connectivity index is 0.00000288. The van der Waals surface area contributed by atoms with E-state index in [9.17, 15) is 4.79 Å². The molecule has 1 atom stereocenters. The van der Waals surface area contributed by atoms with E-state index in [0.717, 1.165) is 10.2 Å². The first-order valence-corrected chi connectivity index (χ1v) is 8.28. The van der Waals surface area contributed by atoms with E-state index in [1.54, 1.807) is 4.68 Å². The van der Waals surface area contributed by atoms with Crippen molar-refractivity contribution in [2.75, 3.05) is 6.54 Å². The largest absolute Gasteiger partial charge is 0.344 e. The van der Waals surface area contributed by atoms with Crippen molar-refractivity contribution in [3.63, 3.8) is 0 Å². The van der Waals surface area contributed by atoms with Crippen LogP contribution in [0.15, 0.2) is 28.7 Å². The van der Waals surface area contributed by atoms with E-state index >= 15 is 0 Å². The third kappa shape index (κ3) is 4.15. The zero-order chi connectivity index (χ0) is 17.2. The topological polar surface area (TPSA) is 85.8 Å². The second kappa shape index (κ2) is 8.09. The van der Waals surface area contributed by atoms with Crippen molar-refractivity contribution in [1.82, 2.24) is 20.3 Å². The van der Waals surface area contributed by atoms with Crippen LogP contribution in [0.3, 0.4) is 0 Å². The van der Waals surface area contributed by atoms with Crippen molar-refractivity contribution in [3.05, 3.63) is 40.1 Å². The lowest BCUT2D eigenvalue weighted by Gasteiger charge is -2.33. The van der Waals surface area contributed by atoms with Gasteiger partial charge in [0.2, 0.25) is 0 Å². The van der Waals surface area contributed by atoms with Crippen molar-refractivity contribution < 1.29 is 4.79 Å². The fourth-order valence-corrected chi connectivity index (χ4v) is 2.53. The molecule has 0 aliphatic heterocycles. The Kier molecular flexibility index (Phi) is 6.95. The summed E-state index contributed by atoms with van der Waals surface area (Å²) in [6, 6.07) is 7.66. The Labute approximate surface area is 156 Å². The number of nitrogens with two attached hydrogens (primary N) is 1. The molecular formula is C16H23BrClN5O. The lowest BCUT2D eigenvalue weighted by atomic mass is 9.88. The third-order valence-electron chi connectivity index (χ3n) is 4.26. The molecule has 1 aromatic heterocycles. The van der Waals surface area contributed by atoms with Gasteiger partial charge >= 0.3 is 0 Å². The van der Waals surface area contributed by atoms with Crippen molar-refractivity contribution in [3.8, 4) is 5.69 Å². The molecule has 0 aliphatic carbocycles. The molecule has 132 valence electrons. The van der Waals surface area contributed by atoms with E-state index in [-0.39, 0.29) is 24.2 Å². The van der Waals surface area contributed by atoms with Crippen LogP contribution in [0, 0.1) is 12.8 Å². The van der Waals surface area contributed by atoms with Crippen molar-refractivity contribution in [2.45, 2.75) is 33.2 Å². The number of hydrogen-bond donors (Lipinski definition) is 2. The molecular weight excluding hydrogens is 394 g/mol. The van der Waals surface area contributed by atoms with Crippen LogP contribution in [0.25, 0.3) is 5.69 Å². The molecule has 0 saturated heterocycles. The summed E-state index contributed by atoms with van der Waals surface area (Å²) in [5.41, 5.74) is 7.18. The molecule has 0 fully saturated rings. The van der Waals surface area contributed by atoms with Crippen LogP contribution in [0.2, 0.25) is 0 Å². The van der Waals surface area contributed by atoms with Gasteiger partial charge in [-0.1, -0.05) is 41.1 Å². The molecule has 1 heterocycles. The number of aromatic nitrogens is 3. The van der Waals surface area contributed by atoms with Gasteiger partial charge in [0.25, 0.3) is 5.91 Å². The summed E-state index contributed by atoms with van der Waals surface area (Å²) in [5, 5.41) is 11.1. The van der Waals surface area contributed by atoms with Crippen molar-refractivity contribution in [2.24, 2.45) is 11.7 Å². The fraction of sp³-hybridized carbons (Fsp3) is 0.438. The van der Waals surface area contributed by atoms with Gasteiger partial charge in [-0.15, -0.1) is 17.5 Å². The number of nitrogens with one attached hydrogen (secondary N) is 1. The summed E-state index contributed by atoms with van der Waals surface area (Å²) in [5.74, 6) is -0.0534. The minimum Gasteiger partial charge on any atom is -0.344 e. The van der Waals surface area contributed by atoms with Crippen LogP contribution in [0.1, 0.15) is 37.0 Å². The second-order valence-electron chi connectivity index (χ2n) is 6.15. The number of nitrogens with zero attached hydrogens (tertiary/aromatic N) is 3. The summed E-state index contributed by atoms with van der Waals surface area (Å²) < 4.78 is 2.58. The van der Waals surface area contributed by atoms with Gasteiger partial charge in [0.05, 0.1) is 16.9 Å². The molecule has 2 rings (SSSR count). The second-order valence-corrected chi connectivity index (χ2v) is 7.06. The molecule has 3 N–H and O–H groups in total. The Morgan fingerprint density at radius 2 is 2.12 bits per heavy atom. The number of amides is 1. The maximum atomic E-state index is 12.6. The smallest absolute Gasteiger partial charge is 0.274 e. The van der Waals surface area contributed by atoms with Gasteiger partial charge in [-0.25, -0.2) is 4.68 Å². The standard InChI is InChI=1S/C16H22BrN5O.ClH/c1-10(2)16(4,9-18)19-15(23)14-11(3)22(21-20-14)13-7-5-6-12(17)8-13;/h5-8,10H,9,18H2,1-4H3,(H,19,23);1H. The number of halogens is 2. The lowest BCUT2D eigenvalue weighted by molar-refractivity contribution is 0.0877. The Bertz CT molecular complexity index is 718. The molecule has 0 aliphatic rings. The average Bonchev–Trinajstić information content (AvgIpc) is 2.88. The first-order valence-electron chi connectivity index (χ1n) is 7.49. The van der Waals surface area contributed by atoms with Crippen LogP contribution in [0.5, 0.6) is 0 Å². The highest BCUT2D eigenvalue weighted by Crippen LogP contribution is 2.19. The van der Waals surface area contributed by atoms with Gasteiger partial charge in [-0.2, -0.15) is 0 Å². The molecule has 24 heavy (non-hydrogen) atoms. The molecule has 1 aromatic carbocycles. The minimum absolute atomic E-state index is 0. The van der Waals surface area contributed by atoms with Gasteiger partial charge in [-0.3, -0.25) is 4.79 Å². The predicted molar refractivity (Wildman–Crippen MR) is 101 cm³/mol. The number of rotatable bonds is 5. The van der Waals surface area contributed by atoms with Crippen LogP contribution < -0.4 is 11.1 Å². The highest BCUT2D eigenvalue weighted by molar-refractivity contribution is 9.10. The van der Waals surface area contributed by atoms with Crippen LogP contribution >= 0.6 is 28.3 Å². The molecule has 0 bridgehead atoms. The lowest BCUT2D eigenvalue weighted by Crippen LogP contribution is -2.55. The summed E-state index contributed by atoms with van der Waals surface area (Å²) >= 11 is 3.43. The maximum absolute atomic E-state index is 12.6. The molecule has 8 heteroatoms. The summed E-state index contributed by atoms with van der Waals surface area (Å²) in [6.45, 7) is 8.17. The van der Waals surface area contributed by atoms with Crippen molar-refractivity contribution >= 4 is 34.2 Å². The first-order chi connectivity index (χ1) is 10.8. The molecule has 1 amide bonds. The van der Waals surface area contributed by atoms with Crippen LogP contribution in [0.4, 0.5) is 0 Å². The molecule has 6 nitrogen and oxygen atoms in total. The normalized spacial score (nSPS) is 13.3. The van der Waals surface area contributed by atoms with E-state index in [0.29, 0.717) is 17.9 Å². The summed E-state index contributed by atoms with van der Waals surface area (Å²) in [7, 11) is 0. The first kappa shape index (κ1) is 20.6. The number of hydrogen-bond acceptors (Lipinski definition) is 4. The maximum Gasteiger partial charge on any atom is 0.274 e. The highest BCUT2D eigenvalue weighted by atomic mass is 79.9. The number of carbonyl (C=O) groups excluding carboxylic acids is 1. The molecule has 0 radical (unpaired) electrons. The van der Waals surface area contributed by atoms with Gasteiger partial charge in [-0.05, 0) is 38.0 Å². The van der Waals surface area contributed by atoms with E-state index < -0.39 is 5.54 Å². The monoisotopic (exact) mass is 415 g/mol. The zero-order valence-corrected chi connectivity index (χ0v) is 16.6. The zero-order valence-electron chi connectivity index (χ0n) is 14.2. The van der Waals surface area contributed by atoms with Crippen LogP contribution in [-0.2, 0) is 0 Å². The quantitative estimate of drug-likeness (QED) is 0.785. The molecule has 0 spiro atoms. The fourth-order valence-electron chi connectivity index (χ4n) is 2.14. The Morgan fingerprint density at radius 3 is 2.67 bits per heavy atom. The van der Waals surface area contributed by atoms with Crippen LogP contribution in [-0.4, -0.2) is 33.0 Å². The average molecular weight is 417 g/mol. The highest BCUT2D eigenvalue weighted by Gasteiger charge is 2.30. The molecule has 2 aromatic rings. The minimum atomic E-state index is -0.483. The Morgan fingerprint density at radius 1 is 1.46 bits per heavy atom. The predicted octanol–water partition coefficient (Wildman–Crippen LogP) is 2.86. The van der Waals surface area contributed by atoms with Crippen molar-refractivity contribution in [1.29, 1.82) is 0 Å². The molecule has 0 saturated carbocycles. The van der Waals surface area contributed by atoms with E-state index in [1.807, 2.05) is 52.0 Å². The molecule has 1 unspecified atom stereocenters. The summed E-state index contributed by atoms with van der Waals surface area (Å²) in [6.07, 6.45) is 0. The number of carbonyl (C=O) groups is 1. The third-order valence-corrected chi connectivity index (χ3v) is 4.75. The van der Waals surface area contributed by atoms with E-state index in [4.69, 9.17) is 5.73 Å². The van der Waals surface area contributed by atoms with Gasteiger partial charge in [0.1, 0.15) is 0 Å². The Hall–Kier alpha value is -1.44. The van der Waals surface area contributed by atoms with Gasteiger partial charge in [0, 0.05) is 11.0 Å². The summed E-state index contributed by atoms with van der Waals surface area (Å²) in [4.78, 5) is 12.6. The number of benzene rings is 1.